The molecule has 1 aliphatic rings. The molecule has 1 aliphatic heterocycles. The molecule has 0 spiro atoms. The van der Waals surface area contributed by atoms with Crippen LogP contribution < -0.4 is 0 Å². The lowest BCUT2D eigenvalue weighted by Crippen LogP contribution is -2.45. The first kappa shape index (κ1) is 17.9. The monoisotopic (exact) mass is 389 g/mol. The molecule has 5 rings (SSSR count). The molecule has 0 radical (unpaired) electrons. The number of furan rings is 1. The van der Waals surface area contributed by atoms with Crippen molar-refractivity contribution in [1.29, 1.82) is 0 Å². The summed E-state index contributed by atoms with van der Waals surface area (Å²) in [6, 6.07) is 13.9. The minimum absolute atomic E-state index is 0.0862. The van der Waals surface area contributed by atoms with Crippen LogP contribution in [0, 0.1) is 6.92 Å². The minimum atomic E-state index is -0.914. The lowest BCUT2D eigenvalue weighted by atomic mass is 9.84. The normalized spacial score (nSPS) is 16.6. The van der Waals surface area contributed by atoms with Crippen LogP contribution in [0.1, 0.15) is 29.7 Å². The van der Waals surface area contributed by atoms with Gasteiger partial charge in [-0.3, -0.25) is 9.89 Å². The van der Waals surface area contributed by atoms with Gasteiger partial charge in [-0.1, -0.05) is 24.3 Å². The highest BCUT2D eigenvalue weighted by Gasteiger charge is 2.37. The number of carbonyl (C=O) groups is 1. The Morgan fingerprint density at radius 1 is 1.17 bits per heavy atom. The van der Waals surface area contributed by atoms with Crippen molar-refractivity contribution in [2.75, 3.05) is 13.1 Å². The van der Waals surface area contributed by atoms with Gasteiger partial charge in [-0.25, -0.2) is 0 Å². The van der Waals surface area contributed by atoms with Gasteiger partial charge in [0.25, 0.3) is 0 Å². The molecule has 3 heterocycles. The Kier molecular flexibility index (Phi) is 4.17. The second kappa shape index (κ2) is 6.74. The molecular formula is C23H23N3O3. The number of para-hydroxylation sites is 1. The van der Waals surface area contributed by atoms with E-state index in [2.05, 4.69) is 10.2 Å². The second-order valence-electron chi connectivity index (χ2n) is 7.93. The third-order valence-electron chi connectivity index (χ3n) is 6.07. The number of H-pyrrole nitrogens is 1. The number of piperidine rings is 1. The summed E-state index contributed by atoms with van der Waals surface area (Å²) < 4.78 is 5.87. The number of benzene rings is 2. The van der Waals surface area contributed by atoms with E-state index in [1.54, 1.807) is 6.20 Å². The number of hydrogen-bond donors (Lipinski definition) is 2. The molecule has 148 valence electrons. The zero-order valence-electron chi connectivity index (χ0n) is 16.3. The van der Waals surface area contributed by atoms with E-state index < -0.39 is 5.60 Å². The molecule has 4 aromatic rings. The maximum absolute atomic E-state index is 12.9. The number of nitrogens with zero attached hydrogens (tertiary/aromatic N) is 2. The van der Waals surface area contributed by atoms with Crippen molar-refractivity contribution in [2.45, 2.75) is 31.8 Å². The van der Waals surface area contributed by atoms with Crippen molar-refractivity contribution < 1.29 is 14.3 Å². The average molecular weight is 389 g/mol. The van der Waals surface area contributed by atoms with Crippen molar-refractivity contribution in [1.82, 2.24) is 15.1 Å². The largest absolute Gasteiger partial charge is 0.456 e. The van der Waals surface area contributed by atoms with E-state index in [1.165, 1.54) is 0 Å². The van der Waals surface area contributed by atoms with Crippen molar-refractivity contribution in [3.8, 4) is 0 Å². The molecule has 1 amide bonds. The van der Waals surface area contributed by atoms with Gasteiger partial charge in [0.1, 0.15) is 11.2 Å². The van der Waals surface area contributed by atoms with Crippen LogP contribution in [0.15, 0.2) is 53.1 Å². The van der Waals surface area contributed by atoms with Gasteiger partial charge in [-0.2, -0.15) is 5.10 Å². The summed E-state index contributed by atoms with van der Waals surface area (Å²) in [4.78, 5) is 14.7. The number of aliphatic hydroxyl groups is 1. The molecule has 6 heteroatoms. The number of carbonyl (C=O) groups excluding carboxylic acids is 1. The number of fused-ring (bicyclic) bond motifs is 3. The van der Waals surface area contributed by atoms with Gasteiger partial charge >= 0.3 is 0 Å². The first-order valence-corrected chi connectivity index (χ1v) is 9.94. The Morgan fingerprint density at radius 3 is 2.69 bits per heavy atom. The maximum Gasteiger partial charge on any atom is 0.226 e. The Balaban J connectivity index is 1.31. The molecule has 2 aromatic heterocycles. The van der Waals surface area contributed by atoms with Gasteiger partial charge in [-0.05, 0) is 43.5 Å². The number of aromatic amines is 1. The van der Waals surface area contributed by atoms with Crippen LogP contribution in [0.2, 0.25) is 0 Å². The number of aromatic nitrogens is 2. The maximum atomic E-state index is 12.9. The lowest BCUT2D eigenvalue weighted by Gasteiger charge is -2.38. The summed E-state index contributed by atoms with van der Waals surface area (Å²) in [6.45, 7) is 2.99. The SMILES string of the molecule is Cc1[nH]ncc1C1(O)CCN(C(=O)Cc2ccc3oc4ccccc4c3c2)CC1. The molecule has 0 aliphatic carbocycles. The first-order valence-electron chi connectivity index (χ1n) is 9.94. The molecule has 1 fully saturated rings. The van der Waals surface area contributed by atoms with Crippen LogP contribution in [0.25, 0.3) is 21.9 Å². The fourth-order valence-electron chi connectivity index (χ4n) is 4.38. The van der Waals surface area contributed by atoms with Crippen molar-refractivity contribution in [3.63, 3.8) is 0 Å². The zero-order valence-corrected chi connectivity index (χ0v) is 16.3. The zero-order chi connectivity index (χ0) is 20.0. The van der Waals surface area contributed by atoms with Crippen LogP contribution >= 0.6 is 0 Å². The molecule has 6 nitrogen and oxygen atoms in total. The van der Waals surface area contributed by atoms with Gasteiger partial charge in [0.2, 0.25) is 5.91 Å². The van der Waals surface area contributed by atoms with Gasteiger partial charge < -0.3 is 14.4 Å². The van der Waals surface area contributed by atoms with E-state index in [1.807, 2.05) is 54.3 Å². The average Bonchev–Trinajstić information content (AvgIpc) is 3.32. The molecule has 29 heavy (non-hydrogen) atoms. The highest BCUT2D eigenvalue weighted by molar-refractivity contribution is 6.05. The van der Waals surface area contributed by atoms with Crippen LogP contribution in [0.5, 0.6) is 0 Å². The van der Waals surface area contributed by atoms with Crippen molar-refractivity contribution in [3.05, 3.63) is 65.5 Å². The molecule has 0 bridgehead atoms. The van der Waals surface area contributed by atoms with Crippen LogP contribution in [-0.2, 0) is 16.8 Å². The predicted octanol–water partition coefficient (Wildman–Crippen LogP) is 3.67. The first-order chi connectivity index (χ1) is 14.0. The molecular weight excluding hydrogens is 366 g/mol. The van der Waals surface area contributed by atoms with Crippen LogP contribution in [0.4, 0.5) is 0 Å². The Bertz CT molecular complexity index is 1200. The molecule has 0 atom stereocenters. The number of nitrogens with one attached hydrogen (secondary N) is 1. The molecule has 1 saturated heterocycles. The second-order valence-corrected chi connectivity index (χ2v) is 7.93. The predicted molar refractivity (Wildman–Crippen MR) is 110 cm³/mol. The number of rotatable bonds is 3. The van der Waals surface area contributed by atoms with E-state index in [4.69, 9.17) is 4.42 Å². The highest BCUT2D eigenvalue weighted by Crippen LogP contribution is 2.34. The Morgan fingerprint density at radius 2 is 1.93 bits per heavy atom. The van der Waals surface area contributed by atoms with Gasteiger partial charge in [0.15, 0.2) is 0 Å². The Hall–Kier alpha value is -3.12. The summed E-state index contributed by atoms with van der Waals surface area (Å²) in [6.07, 6.45) is 3.07. The summed E-state index contributed by atoms with van der Waals surface area (Å²) in [5.74, 6) is 0.0862. The number of likely N-dealkylation sites (tertiary alicyclic amines) is 1. The number of aryl methyl sites for hydroxylation is 1. The minimum Gasteiger partial charge on any atom is -0.456 e. The van der Waals surface area contributed by atoms with E-state index in [9.17, 15) is 9.90 Å². The molecule has 2 aromatic carbocycles. The van der Waals surface area contributed by atoms with Crippen molar-refractivity contribution >= 4 is 27.8 Å². The quantitative estimate of drug-likeness (QED) is 0.560. The van der Waals surface area contributed by atoms with Crippen LogP contribution in [-0.4, -0.2) is 39.2 Å². The number of amides is 1. The molecule has 0 unspecified atom stereocenters. The smallest absolute Gasteiger partial charge is 0.226 e. The van der Waals surface area contributed by atoms with Gasteiger partial charge in [0.05, 0.1) is 18.2 Å². The summed E-state index contributed by atoms with van der Waals surface area (Å²) in [5, 5.41) is 20.0. The highest BCUT2D eigenvalue weighted by atomic mass is 16.3. The summed E-state index contributed by atoms with van der Waals surface area (Å²) in [5.41, 5.74) is 3.47. The standard InChI is InChI=1S/C23H23N3O3/c1-15-19(14-24-25-15)23(28)8-10-26(11-9-23)22(27)13-16-6-7-21-18(12-16)17-4-2-3-5-20(17)29-21/h2-7,12,14,28H,8-11,13H2,1H3,(H,24,25). The number of hydrogen-bond acceptors (Lipinski definition) is 4. The lowest BCUT2D eigenvalue weighted by molar-refractivity contribution is -0.135. The van der Waals surface area contributed by atoms with Crippen LogP contribution in [0.3, 0.4) is 0 Å². The van der Waals surface area contributed by atoms with E-state index in [0.717, 1.165) is 38.8 Å². The Labute approximate surface area is 168 Å². The van der Waals surface area contributed by atoms with E-state index in [-0.39, 0.29) is 5.91 Å². The van der Waals surface area contributed by atoms with Crippen molar-refractivity contribution in [2.24, 2.45) is 0 Å². The molecule has 2 N–H and O–H groups in total. The van der Waals surface area contributed by atoms with Gasteiger partial charge in [-0.15, -0.1) is 0 Å². The van der Waals surface area contributed by atoms with E-state index >= 15 is 0 Å². The fourth-order valence-corrected chi connectivity index (χ4v) is 4.38. The molecule has 0 saturated carbocycles. The third kappa shape index (κ3) is 3.09. The summed E-state index contributed by atoms with van der Waals surface area (Å²) in [7, 11) is 0. The van der Waals surface area contributed by atoms with Gasteiger partial charge in [0, 0.05) is 35.1 Å². The summed E-state index contributed by atoms with van der Waals surface area (Å²) >= 11 is 0. The van der Waals surface area contributed by atoms with E-state index in [0.29, 0.717) is 32.4 Å². The fraction of sp³-hybridized carbons (Fsp3) is 0.304. The third-order valence-corrected chi connectivity index (χ3v) is 6.07. The topological polar surface area (TPSA) is 82.4 Å².